The Balaban J connectivity index is 1.72. The van der Waals surface area contributed by atoms with Crippen LogP contribution in [0.4, 0.5) is 0 Å². The predicted molar refractivity (Wildman–Crippen MR) is 71.8 cm³/mol. The van der Waals surface area contributed by atoms with Crippen LogP contribution in [-0.2, 0) is 11.3 Å². The van der Waals surface area contributed by atoms with E-state index in [1.807, 2.05) is 41.2 Å². The molecule has 0 bridgehead atoms. The van der Waals surface area contributed by atoms with Gasteiger partial charge in [0.05, 0.1) is 11.6 Å². The van der Waals surface area contributed by atoms with E-state index < -0.39 is 0 Å². The van der Waals surface area contributed by atoms with Crippen LogP contribution in [0.3, 0.4) is 0 Å². The van der Waals surface area contributed by atoms with E-state index in [9.17, 15) is 4.79 Å². The van der Waals surface area contributed by atoms with Crippen LogP contribution >= 0.6 is 0 Å². The van der Waals surface area contributed by atoms with Gasteiger partial charge in [0, 0.05) is 32.0 Å². The van der Waals surface area contributed by atoms with Crippen molar-refractivity contribution in [2.75, 3.05) is 13.1 Å². The lowest BCUT2D eigenvalue weighted by molar-refractivity contribution is -0.126. The van der Waals surface area contributed by atoms with Gasteiger partial charge in [-0.3, -0.25) is 4.79 Å². The summed E-state index contributed by atoms with van der Waals surface area (Å²) in [6.45, 7) is 2.10. The van der Waals surface area contributed by atoms with Gasteiger partial charge in [-0.2, -0.15) is 5.10 Å². The van der Waals surface area contributed by atoms with Gasteiger partial charge in [0.25, 0.3) is 0 Å². The monoisotopic (exact) mass is 256 g/mol. The van der Waals surface area contributed by atoms with Gasteiger partial charge in [0.1, 0.15) is 0 Å². The molecule has 1 saturated heterocycles. The van der Waals surface area contributed by atoms with Crippen molar-refractivity contribution in [3.05, 3.63) is 48.3 Å². The van der Waals surface area contributed by atoms with Crippen LogP contribution in [0.25, 0.3) is 5.69 Å². The molecule has 0 atom stereocenters. The highest BCUT2D eigenvalue weighted by molar-refractivity contribution is 5.80. The number of hydrogen-bond donors (Lipinski definition) is 2. The van der Waals surface area contributed by atoms with Crippen LogP contribution in [-0.4, -0.2) is 28.8 Å². The molecule has 5 heteroatoms. The number of benzene rings is 1. The zero-order valence-electron chi connectivity index (χ0n) is 10.5. The third kappa shape index (κ3) is 2.51. The first-order valence-corrected chi connectivity index (χ1v) is 6.41. The van der Waals surface area contributed by atoms with E-state index >= 15 is 0 Å². The maximum absolute atomic E-state index is 11.8. The quantitative estimate of drug-likeness (QED) is 0.847. The molecule has 0 radical (unpaired) electrons. The number of nitrogens with zero attached hydrogens (tertiary/aromatic N) is 2. The summed E-state index contributed by atoms with van der Waals surface area (Å²) in [5.74, 6) is 0.242. The molecule has 1 aromatic carbocycles. The Bertz CT molecular complexity index is 561. The van der Waals surface area contributed by atoms with Crippen molar-refractivity contribution in [2.24, 2.45) is 5.92 Å². The van der Waals surface area contributed by atoms with Gasteiger partial charge in [-0.05, 0) is 17.7 Å². The second kappa shape index (κ2) is 5.24. The van der Waals surface area contributed by atoms with E-state index in [0.717, 1.165) is 24.3 Å². The highest BCUT2D eigenvalue weighted by atomic mass is 16.2. The number of para-hydroxylation sites is 1. The minimum absolute atomic E-state index is 0.119. The standard InChI is InChI=1S/C14H16N4O/c19-14(12-8-15-9-12)16-10-11-4-1-2-5-13(11)18-7-3-6-17-18/h1-7,12,15H,8-10H2,(H,16,19). The Morgan fingerprint density at radius 3 is 2.89 bits per heavy atom. The van der Waals surface area contributed by atoms with Crippen LogP contribution in [0, 0.1) is 5.92 Å². The lowest BCUT2D eigenvalue weighted by Crippen LogP contribution is -2.50. The van der Waals surface area contributed by atoms with E-state index in [-0.39, 0.29) is 11.8 Å². The maximum atomic E-state index is 11.8. The first kappa shape index (κ1) is 11.9. The molecule has 1 aliphatic heterocycles. The topological polar surface area (TPSA) is 59.0 Å². The van der Waals surface area contributed by atoms with E-state index in [4.69, 9.17) is 0 Å². The highest BCUT2D eigenvalue weighted by Crippen LogP contribution is 2.13. The average Bonchev–Trinajstić information content (AvgIpc) is 2.88. The number of aromatic nitrogens is 2. The molecule has 19 heavy (non-hydrogen) atoms. The molecule has 2 heterocycles. The zero-order chi connectivity index (χ0) is 13.1. The summed E-state index contributed by atoms with van der Waals surface area (Å²) in [5.41, 5.74) is 2.06. The Kier molecular flexibility index (Phi) is 3.29. The van der Waals surface area contributed by atoms with Crippen molar-refractivity contribution in [1.29, 1.82) is 0 Å². The third-order valence-electron chi connectivity index (χ3n) is 3.35. The molecule has 0 aliphatic carbocycles. The summed E-state index contributed by atoms with van der Waals surface area (Å²) in [5, 5.41) is 10.3. The molecule has 2 aromatic rings. The Morgan fingerprint density at radius 1 is 1.37 bits per heavy atom. The zero-order valence-corrected chi connectivity index (χ0v) is 10.5. The van der Waals surface area contributed by atoms with Gasteiger partial charge in [0.15, 0.2) is 0 Å². The Morgan fingerprint density at radius 2 is 2.21 bits per heavy atom. The number of rotatable bonds is 4. The number of carbonyl (C=O) groups is 1. The first-order chi connectivity index (χ1) is 9.34. The van der Waals surface area contributed by atoms with E-state index in [0.29, 0.717) is 6.54 Å². The highest BCUT2D eigenvalue weighted by Gasteiger charge is 2.24. The van der Waals surface area contributed by atoms with Gasteiger partial charge in [-0.25, -0.2) is 4.68 Å². The second-order valence-electron chi connectivity index (χ2n) is 4.65. The molecule has 98 valence electrons. The molecule has 1 fully saturated rings. The van der Waals surface area contributed by atoms with Crippen LogP contribution in [0.1, 0.15) is 5.56 Å². The normalized spacial score (nSPS) is 14.9. The second-order valence-corrected chi connectivity index (χ2v) is 4.65. The van der Waals surface area contributed by atoms with Gasteiger partial charge in [-0.1, -0.05) is 18.2 Å². The van der Waals surface area contributed by atoms with Crippen molar-refractivity contribution in [3.63, 3.8) is 0 Å². The fraction of sp³-hybridized carbons (Fsp3) is 0.286. The summed E-state index contributed by atoms with van der Waals surface area (Å²) in [6, 6.07) is 9.84. The van der Waals surface area contributed by atoms with Gasteiger partial charge in [0.2, 0.25) is 5.91 Å². The van der Waals surface area contributed by atoms with Crippen LogP contribution in [0.2, 0.25) is 0 Å². The fourth-order valence-corrected chi connectivity index (χ4v) is 2.10. The average molecular weight is 256 g/mol. The molecule has 2 N–H and O–H groups in total. The lowest BCUT2D eigenvalue weighted by Gasteiger charge is -2.25. The summed E-state index contributed by atoms with van der Waals surface area (Å²) in [4.78, 5) is 11.8. The fourth-order valence-electron chi connectivity index (χ4n) is 2.10. The molecule has 0 unspecified atom stereocenters. The van der Waals surface area contributed by atoms with Gasteiger partial charge in [-0.15, -0.1) is 0 Å². The molecular weight excluding hydrogens is 240 g/mol. The maximum Gasteiger partial charge on any atom is 0.225 e. The number of carbonyl (C=O) groups excluding carboxylic acids is 1. The molecule has 3 rings (SSSR count). The summed E-state index contributed by atoms with van der Waals surface area (Å²) in [7, 11) is 0. The summed E-state index contributed by atoms with van der Waals surface area (Å²) in [6.07, 6.45) is 3.64. The minimum Gasteiger partial charge on any atom is -0.352 e. The molecular formula is C14H16N4O. The van der Waals surface area contributed by atoms with E-state index in [1.54, 1.807) is 6.20 Å². The molecule has 1 aliphatic rings. The SMILES string of the molecule is O=C(NCc1ccccc1-n1cccn1)C1CNC1. The Hall–Kier alpha value is -2.14. The first-order valence-electron chi connectivity index (χ1n) is 6.41. The van der Waals surface area contributed by atoms with Crippen LogP contribution < -0.4 is 10.6 Å². The van der Waals surface area contributed by atoms with Crippen molar-refractivity contribution < 1.29 is 4.79 Å². The predicted octanol–water partition coefficient (Wildman–Crippen LogP) is 0.708. The third-order valence-corrected chi connectivity index (χ3v) is 3.35. The van der Waals surface area contributed by atoms with Crippen molar-refractivity contribution >= 4 is 5.91 Å². The van der Waals surface area contributed by atoms with Crippen molar-refractivity contribution in [3.8, 4) is 5.69 Å². The van der Waals surface area contributed by atoms with Gasteiger partial charge < -0.3 is 10.6 Å². The molecule has 0 spiro atoms. The van der Waals surface area contributed by atoms with Gasteiger partial charge >= 0.3 is 0 Å². The number of nitrogens with one attached hydrogen (secondary N) is 2. The minimum atomic E-state index is 0.119. The summed E-state index contributed by atoms with van der Waals surface area (Å²) < 4.78 is 1.81. The molecule has 1 amide bonds. The Labute approximate surface area is 111 Å². The molecule has 1 aromatic heterocycles. The van der Waals surface area contributed by atoms with Crippen molar-refractivity contribution in [1.82, 2.24) is 20.4 Å². The number of hydrogen-bond acceptors (Lipinski definition) is 3. The smallest absolute Gasteiger partial charge is 0.225 e. The van der Waals surface area contributed by atoms with E-state index in [2.05, 4.69) is 15.7 Å². The van der Waals surface area contributed by atoms with Crippen LogP contribution in [0.15, 0.2) is 42.7 Å². The largest absolute Gasteiger partial charge is 0.352 e. The molecule has 0 saturated carbocycles. The lowest BCUT2D eigenvalue weighted by atomic mass is 10.0. The summed E-state index contributed by atoms with van der Waals surface area (Å²) >= 11 is 0. The number of amides is 1. The van der Waals surface area contributed by atoms with Crippen molar-refractivity contribution in [2.45, 2.75) is 6.54 Å². The van der Waals surface area contributed by atoms with Crippen LogP contribution in [0.5, 0.6) is 0 Å². The molecule has 5 nitrogen and oxygen atoms in total. The van der Waals surface area contributed by atoms with E-state index in [1.165, 1.54) is 0 Å².